The third-order valence-corrected chi connectivity index (χ3v) is 4.03. The minimum absolute atomic E-state index is 0.254. The van der Waals surface area contributed by atoms with Crippen molar-refractivity contribution in [2.45, 2.75) is 23.8 Å². The van der Waals surface area contributed by atoms with Crippen molar-refractivity contribution in [3.05, 3.63) is 24.3 Å². The lowest BCUT2D eigenvalue weighted by atomic mass is 10.3. The Balaban J connectivity index is 2.05. The number of anilines is 1. The SMILES string of the molecule is NCCNS(=O)(=O)c1ccc(NC2CC2)cc1. The molecule has 6 heteroatoms. The van der Waals surface area contributed by atoms with Gasteiger partial charge in [0.15, 0.2) is 0 Å². The average molecular weight is 255 g/mol. The van der Waals surface area contributed by atoms with Crippen LogP contribution < -0.4 is 15.8 Å². The van der Waals surface area contributed by atoms with E-state index < -0.39 is 10.0 Å². The van der Waals surface area contributed by atoms with E-state index in [9.17, 15) is 8.42 Å². The van der Waals surface area contributed by atoms with Crippen molar-refractivity contribution in [3.63, 3.8) is 0 Å². The van der Waals surface area contributed by atoms with Gasteiger partial charge in [-0.05, 0) is 37.1 Å². The topological polar surface area (TPSA) is 84.2 Å². The zero-order chi connectivity index (χ0) is 12.3. The molecule has 0 heterocycles. The van der Waals surface area contributed by atoms with Gasteiger partial charge in [-0.1, -0.05) is 0 Å². The molecule has 1 aromatic carbocycles. The molecule has 0 saturated heterocycles. The number of nitrogens with one attached hydrogen (secondary N) is 2. The standard InChI is InChI=1S/C11H17N3O2S/c12-7-8-13-17(15,16)11-5-3-10(4-6-11)14-9-1-2-9/h3-6,9,13-14H,1-2,7-8,12H2. The predicted molar refractivity (Wildman–Crippen MR) is 67.3 cm³/mol. The number of sulfonamides is 1. The fourth-order valence-corrected chi connectivity index (χ4v) is 2.52. The first-order chi connectivity index (χ1) is 8.12. The van der Waals surface area contributed by atoms with Crippen LogP contribution in [0.3, 0.4) is 0 Å². The van der Waals surface area contributed by atoms with Crippen LogP contribution in [0.25, 0.3) is 0 Å². The molecule has 94 valence electrons. The molecule has 0 aromatic heterocycles. The molecule has 0 bridgehead atoms. The van der Waals surface area contributed by atoms with Crippen molar-refractivity contribution in [3.8, 4) is 0 Å². The summed E-state index contributed by atoms with van der Waals surface area (Å²) in [5, 5.41) is 3.30. The Bertz CT molecular complexity index is 466. The van der Waals surface area contributed by atoms with Crippen molar-refractivity contribution in [1.29, 1.82) is 0 Å². The van der Waals surface area contributed by atoms with Gasteiger partial charge in [-0.2, -0.15) is 0 Å². The Kier molecular flexibility index (Phi) is 3.66. The molecule has 0 atom stereocenters. The fourth-order valence-electron chi connectivity index (χ4n) is 1.47. The molecule has 0 aliphatic heterocycles. The van der Waals surface area contributed by atoms with Gasteiger partial charge in [0.1, 0.15) is 0 Å². The fraction of sp³-hybridized carbons (Fsp3) is 0.455. The van der Waals surface area contributed by atoms with Gasteiger partial charge in [-0.3, -0.25) is 0 Å². The summed E-state index contributed by atoms with van der Waals surface area (Å²) in [6, 6.07) is 7.34. The minimum atomic E-state index is -3.41. The molecule has 0 spiro atoms. The number of benzene rings is 1. The van der Waals surface area contributed by atoms with E-state index in [4.69, 9.17) is 5.73 Å². The minimum Gasteiger partial charge on any atom is -0.382 e. The quantitative estimate of drug-likeness (QED) is 0.691. The molecule has 5 nitrogen and oxygen atoms in total. The summed E-state index contributed by atoms with van der Waals surface area (Å²) in [4.78, 5) is 0.271. The molecule has 0 unspecified atom stereocenters. The summed E-state index contributed by atoms with van der Waals surface area (Å²) >= 11 is 0. The average Bonchev–Trinajstić information content (AvgIpc) is 3.11. The number of nitrogens with two attached hydrogens (primary N) is 1. The van der Waals surface area contributed by atoms with Crippen LogP contribution in [0.1, 0.15) is 12.8 Å². The number of rotatable bonds is 6. The lowest BCUT2D eigenvalue weighted by Gasteiger charge is -2.07. The van der Waals surface area contributed by atoms with Gasteiger partial charge in [0.25, 0.3) is 0 Å². The molecule has 0 amide bonds. The van der Waals surface area contributed by atoms with Crippen LogP contribution in [0.4, 0.5) is 5.69 Å². The Morgan fingerprint density at radius 2 is 1.88 bits per heavy atom. The first-order valence-electron chi connectivity index (χ1n) is 5.68. The zero-order valence-electron chi connectivity index (χ0n) is 9.52. The van der Waals surface area contributed by atoms with Gasteiger partial charge in [0, 0.05) is 24.8 Å². The molecular weight excluding hydrogens is 238 g/mol. The Labute approximate surface area is 101 Å². The lowest BCUT2D eigenvalue weighted by molar-refractivity contribution is 0.582. The monoisotopic (exact) mass is 255 g/mol. The highest BCUT2D eigenvalue weighted by Gasteiger charge is 2.21. The summed E-state index contributed by atoms with van der Waals surface area (Å²) < 4.78 is 25.9. The van der Waals surface area contributed by atoms with Crippen LogP contribution in [0.2, 0.25) is 0 Å². The second-order valence-electron chi connectivity index (χ2n) is 4.13. The van der Waals surface area contributed by atoms with Gasteiger partial charge >= 0.3 is 0 Å². The van der Waals surface area contributed by atoms with Crippen molar-refractivity contribution >= 4 is 15.7 Å². The van der Waals surface area contributed by atoms with E-state index in [1.54, 1.807) is 24.3 Å². The molecule has 1 saturated carbocycles. The van der Waals surface area contributed by atoms with Crippen molar-refractivity contribution in [2.75, 3.05) is 18.4 Å². The number of hydrogen-bond acceptors (Lipinski definition) is 4. The highest BCUT2D eigenvalue weighted by Crippen LogP contribution is 2.25. The van der Waals surface area contributed by atoms with Crippen LogP contribution >= 0.6 is 0 Å². The maximum absolute atomic E-state index is 11.7. The summed E-state index contributed by atoms with van der Waals surface area (Å²) in [6.45, 7) is 0.547. The molecule has 4 N–H and O–H groups in total. The van der Waals surface area contributed by atoms with Crippen LogP contribution in [0.5, 0.6) is 0 Å². The van der Waals surface area contributed by atoms with Gasteiger partial charge in [-0.25, -0.2) is 13.1 Å². The van der Waals surface area contributed by atoms with Gasteiger partial charge in [0.2, 0.25) is 10.0 Å². The maximum atomic E-state index is 11.7. The molecule has 1 aromatic rings. The summed E-state index contributed by atoms with van der Waals surface area (Å²) in [5.74, 6) is 0. The molecule has 1 fully saturated rings. The predicted octanol–water partition coefficient (Wildman–Crippen LogP) is 0.498. The van der Waals surface area contributed by atoms with E-state index in [1.165, 1.54) is 12.8 Å². The molecule has 2 rings (SSSR count). The Morgan fingerprint density at radius 3 is 2.41 bits per heavy atom. The molecular formula is C11H17N3O2S. The third-order valence-electron chi connectivity index (χ3n) is 2.55. The number of hydrogen-bond donors (Lipinski definition) is 3. The summed E-state index contributed by atoms with van der Waals surface area (Å²) in [7, 11) is -3.41. The molecule has 1 aliphatic rings. The van der Waals surface area contributed by atoms with Crippen LogP contribution in [-0.4, -0.2) is 27.5 Å². The second kappa shape index (κ2) is 5.03. The molecule has 17 heavy (non-hydrogen) atoms. The first-order valence-corrected chi connectivity index (χ1v) is 7.16. The van der Waals surface area contributed by atoms with Gasteiger partial charge < -0.3 is 11.1 Å². The van der Waals surface area contributed by atoms with E-state index >= 15 is 0 Å². The Hall–Kier alpha value is -1.11. The summed E-state index contributed by atoms with van der Waals surface area (Å²) in [6.07, 6.45) is 2.39. The second-order valence-corrected chi connectivity index (χ2v) is 5.90. The van der Waals surface area contributed by atoms with Crippen LogP contribution in [-0.2, 0) is 10.0 Å². The van der Waals surface area contributed by atoms with Gasteiger partial charge in [0.05, 0.1) is 4.90 Å². The highest BCUT2D eigenvalue weighted by molar-refractivity contribution is 7.89. The van der Waals surface area contributed by atoms with E-state index in [1.807, 2.05) is 0 Å². The normalized spacial score (nSPS) is 15.8. The largest absolute Gasteiger partial charge is 0.382 e. The highest BCUT2D eigenvalue weighted by atomic mass is 32.2. The zero-order valence-corrected chi connectivity index (χ0v) is 10.3. The smallest absolute Gasteiger partial charge is 0.240 e. The van der Waals surface area contributed by atoms with E-state index in [2.05, 4.69) is 10.0 Å². The van der Waals surface area contributed by atoms with Crippen molar-refractivity contribution < 1.29 is 8.42 Å². The lowest BCUT2D eigenvalue weighted by Crippen LogP contribution is -2.29. The molecule has 1 aliphatic carbocycles. The van der Waals surface area contributed by atoms with Crippen molar-refractivity contribution in [1.82, 2.24) is 4.72 Å². The third kappa shape index (κ3) is 3.42. The Morgan fingerprint density at radius 1 is 1.24 bits per heavy atom. The van der Waals surface area contributed by atoms with E-state index in [0.29, 0.717) is 12.6 Å². The first kappa shape index (κ1) is 12.3. The van der Waals surface area contributed by atoms with Crippen LogP contribution in [0, 0.1) is 0 Å². The summed E-state index contributed by atoms with van der Waals surface area (Å²) in [5.41, 5.74) is 6.23. The molecule has 0 radical (unpaired) electrons. The van der Waals surface area contributed by atoms with Crippen LogP contribution in [0.15, 0.2) is 29.2 Å². The van der Waals surface area contributed by atoms with Gasteiger partial charge in [-0.15, -0.1) is 0 Å². The maximum Gasteiger partial charge on any atom is 0.240 e. The van der Waals surface area contributed by atoms with E-state index in [-0.39, 0.29) is 11.4 Å². The van der Waals surface area contributed by atoms with E-state index in [0.717, 1.165) is 5.69 Å². The van der Waals surface area contributed by atoms with Crippen molar-refractivity contribution in [2.24, 2.45) is 5.73 Å².